The molecule has 2 aromatic carbocycles. The predicted octanol–water partition coefficient (Wildman–Crippen LogP) is 5.39. The van der Waals surface area contributed by atoms with Gasteiger partial charge in [-0.25, -0.2) is 13.2 Å². The van der Waals surface area contributed by atoms with E-state index in [1.807, 2.05) is 0 Å². The fourth-order valence-electron chi connectivity index (χ4n) is 1.81. The first-order valence-corrected chi connectivity index (χ1v) is 6.74. The highest BCUT2D eigenvalue weighted by Crippen LogP contribution is 2.33. The van der Waals surface area contributed by atoms with Crippen LogP contribution in [0.5, 0.6) is 0 Å². The highest BCUT2D eigenvalue weighted by molar-refractivity contribution is 9.10. The maximum absolute atomic E-state index is 13.7. The number of hydrogen-bond acceptors (Lipinski definition) is 0. The van der Waals surface area contributed by atoms with Gasteiger partial charge in [-0.2, -0.15) is 0 Å². The normalized spacial score (nSPS) is 12.5. The second-order valence-corrected chi connectivity index (χ2v) is 5.40. The van der Waals surface area contributed by atoms with Gasteiger partial charge in [0.25, 0.3) is 0 Å². The molecule has 0 aliphatic carbocycles. The Labute approximate surface area is 122 Å². The Morgan fingerprint density at radius 3 is 2.32 bits per heavy atom. The van der Waals surface area contributed by atoms with Crippen LogP contribution in [0, 0.1) is 17.5 Å². The van der Waals surface area contributed by atoms with Crippen molar-refractivity contribution in [3.8, 4) is 0 Å². The van der Waals surface area contributed by atoms with E-state index in [1.165, 1.54) is 24.3 Å². The number of benzene rings is 2. The molecule has 0 radical (unpaired) electrons. The van der Waals surface area contributed by atoms with E-state index in [4.69, 9.17) is 11.6 Å². The highest BCUT2D eigenvalue weighted by atomic mass is 79.9. The molecule has 0 heterocycles. The van der Waals surface area contributed by atoms with Crippen molar-refractivity contribution in [1.29, 1.82) is 0 Å². The van der Waals surface area contributed by atoms with E-state index in [1.54, 1.807) is 6.07 Å². The zero-order chi connectivity index (χ0) is 14.0. The second kappa shape index (κ2) is 5.97. The van der Waals surface area contributed by atoms with E-state index in [2.05, 4.69) is 15.9 Å². The van der Waals surface area contributed by atoms with Crippen LogP contribution in [0.2, 0.25) is 0 Å². The van der Waals surface area contributed by atoms with Crippen LogP contribution < -0.4 is 0 Å². The van der Waals surface area contributed by atoms with Crippen LogP contribution in [0.1, 0.15) is 16.5 Å². The van der Waals surface area contributed by atoms with Crippen LogP contribution in [-0.2, 0) is 6.42 Å². The van der Waals surface area contributed by atoms with Crippen LogP contribution in [-0.4, -0.2) is 0 Å². The molecule has 0 spiro atoms. The molecular weight excluding hydrogens is 341 g/mol. The van der Waals surface area contributed by atoms with Crippen molar-refractivity contribution in [2.45, 2.75) is 11.8 Å². The zero-order valence-corrected chi connectivity index (χ0v) is 12.0. The second-order valence-electron chi connectivity index (χ2n) is 4.02. The molecule has 2 aromatic rings. The van der Waals surface area contributed by atoms with E-state index >= 15 is 0 Å². The molecule has 0 saturated heterocycles. The van der Waals surface area contributed by atoms with E-state index in [-0.39, 0.29) is 17.5 Å². The molecule has 0 amide bonds. The summed E-state index contributed by atoms with van der Waals surface area (Å²) in [7, 11) is 0. The van der Waals surface area contributed by atoms with Gasteiger partial charge >= 0.3 is 0 Å². The van der Waals surface area contributed by atoms with Crippen molar-refractivity contribution in [2.24, 2.45) is 0 Å². The molecule has 2 rings (SSSR count). The standard InChI is InChI=1S/C14H9BrClF3/c15-9-4-2-5-11(17)13(9)10(16)7-8-3-1-6-12(18)14(8)19/h1-6,10H,7H2. The summed E-state index contributed by atoms with van der Waals surface area (Å²) in [4.78, 5) is 0. The lowest BCUT2D eigenvalue weighted by atomic mass is 10.0. The molecule has 0 aliphatic heterocycles. The minimum Gasteiger partial charge on any atom is -0.207 e. The van der Waals surface area contributed by atoms with Crippen molar-refractivity contribution in [3.63, 3.8) is 0 Å². The van der Waals surface area contributed by atoms with Gasteiger partial charge in [-0.05, 0) is 30.2 Å². The number of rotatable bonds is 3. The van der Waals surface area contributed by atoms with Gasteiger partial charge in [-0.1, -0.05) is 34.1 Å². The average molecular weight is 350 g/mol. The topological polar surface area (TPSA) is 0 Å². The molecular formula is C14H9BrClF3. The Kier molecular flexibility index (Phi) is 4.53. The quantitative estimate of drug-likeness (QED) is 0.652. The van der Waals surface area contributed by atoms with Crippen molar-refractivity contribution in [3.05, 3.63) is 69.4 Å². The Bertz CT molecular complexity index is 581. The van der Waals surface area contributed by atoms with Crippen LogP contribution in [0.4, 0.5) is 13.2 Å². The predicted molar refractivity (Wildman–Crippen MR) is 72.8 cm³/mol. The SMILES string of the molecule is Fc1cccc(CC(Cl)c2c(F)cccc2Br)c1F. The molecule has 0 saturated carbocycles. The lowest BCUT2D eigenvalue weighted by Gasteiger charge is -2.13. The first kappa shape index (κ1) is 14.4. The summed E-state index contributed by atoms with van der Waals surface area (Å²) in [5.74, 6) is -2.36. The summed E-state index contributed by atoms with van der Waals surface area (Å²) in [6.45, 7) is 0. The third-order valence-electron chi connectivity index (χ3n) is 2.74. The van der Waals surface area contributed by atoms with Gasteiger partial charge in [0.05, 0.1) is 5.38 Å². The van der Waals surface area contributed by atoms with Crippen LogP contribution in [0.15, 0.2) is 40.9 Å². The minimum absolute atomic E-state index is 0.00465. The summed E-state index contributed by atoms with van der Waals surface area (Å²) in [6, 6.07) is 8.32. The number of alkyl halides is 1. The maximum Gasteiger partial charge on any atom is 0.162 e. The van der Waals surface area contributed by atoms with E-state index < -0.39 is 22.8 Å². The molecule has 0 nitrogen and oxygen atoms in total. The van der Waals surface area contributed by atoms with E-state index in [9.17, 15) is 13.2 Å². The monoisotopic (exact) mass is 348 g/mol. The van der Waals surface area contributed by atoms with Gasteiger partial charge in [-0.15, -0.1) is 11.6 Å². The van der Waals surface area contributed by atoms with Crippen LogP contribution >= 0.6 is 27.5 Å². The average Bonchev–Trinajstić information content (AvgIpc) is 2.35. The Balaban J connectivity index is 2.31. The van der Waals surface area contributed by atoms with Gasteiger partial charge in [0, 0.05) is 10.0 Å². The van der Waals surface area contributed by atoms with Gasteiger partial charge < -0.3 is 0 Å². The van der Waals surface area contributed by atoms with Gasteiger partial charge in [0.2, 0.25) is 0 Å². The molecule has 0 fully saturated rings. The van der Waals surface area contributed by atoms with E-state index in [0.29, 0.717) is 4.47 Å². The summed E-state index contributed by atoms with van der Waals surface area (Å²) in [5.41, 5.74) is 0.364. The van der Waals surface area contributed by atoms with Crippen molar-refractivity contribution in [1.82, 2.24) is 0 Å². The van der Waals surface area contributed by atoms with Gasteiger partial charge in [0.1, 0.15) is 5.82 Å². The molecule has 0 N–H and O–H groups in total. The fourth-order valence-corrected chi connectivity index (χ4v) is 2.95. The van der Waals surface area contributed by atoms with Crippen molar-refractivity contribution < 1.29 is 13.2 Å². The molecule has 5 heteroatoms. The van der Waals surface area contributed by atoms with Crippen LogP contribution in [0.3, 0.4) is 0 Å². The fraction of sp³-hybridized carbons (Fsp3) is 0.143. The summed E-state index contributed by atoms with van der Waals surface area (Å²) in [5, 5.41) is -0.785. The van der Waals surface area contributed by atoms with Crippen LogP contribution in [0.25, 0.3) is 0 Å². The number of hydrogen-bond donors (Lipinski definition) is 0. The lowest BCUT2D eigenvalue weighted by molar-refractivity contribution is 0.497. The molecule has 100 valence electrons. The molecule has 19 heavy (non-hydrogen) atoms. The third kappa shape index (κ3) is 3.12. The Morgan fingerprint density at radius 2 is 1.63 bits per heavy atom. The van der Waals surface area contributed by atoms with E-state index in [0.717, 1.165) is 6.07 Å². The van der Waals surface area contributed by atoms with Crippen molar-refractivity contribution in [2.75, 3.05) is 0 Å². The van der Waals surface area contributed by atoms with Gasteiger partial charge in [-0.3, -0.25) is 0 Å². The smallest absolute Gasteiger partial charge is 0.162 e. The maximum atomic E-state index is 13.7. The Hall–Kier alpha value is -1.000. The first-order valence-electron chi connectivity index (χ1n) is 5.51. The largest absolute Gasteiger partial charge is 0.207 e. The summed E-state index contributed by atoms with van der Waals surface area (Å²) in [6.07, 6.45) is 0.00465. The molecule has 1 atom stereocenters. The minimum atomic E-state index is -0.944. The first-order chi connectivity index (χ1) is 9.00. The molecule has 1 unspecified atom stereocenters. The number of halogens is 5. The Morgan fingerprint density at radius 1 is 1.00 bits per heavy atom. The summed E-state index contributed by atoms with van der Waals surface area (Å²) >= 11 is 9.32. The zero-order valence-electron chi connectivity index (χ0n) is 9.64. The molecule has 0 aliphatic rings. The highest BCUT2D eigenvalue weighted by Gasteiger charge is 2.19. The van der Waals surface area contributed by atoms with Gasteiger partial charge in [0.15, 0.2) is 11.6 Å². The molecule has 0 bridgehead atoms. The van der Waals surface area contributed by atoms with Crippen molar-refractivity contribution >= 4 is 27.5 Å². The molecule has 0 aromatic heterocycles. The lowest BCUT2D eigenvalue weighted by Crippen LogP contribution is -2.03. The summed E-state index contributed by atoms with van der Waals surface area (Å²) < 4.78 is 40.8. The third-order valence-corrected chi connectivity index (χ3v) is 3.81.